The Morgan fingerprint density at radius 3 is 2.56 bits per heavy atom. The van der Waals surface area contributed by atoms with Gasteiger partial charge in [-0.2, -0.15) is 0 Å². The van der Waals surface area contributed by atoms with Gasteiger partial charge in [0.2, 0.25) is 0 Å². The molecule has 0 aliphatic carbocycles. The van der Waals surface area contributed by atoms with Crippen molar-refractivity contribution in [2.75, 3.05) is 7.11 Å². The highest BCUT2D eigenvalue weighted by Gasteiger charge is 2.23. The molecule has 100 valence electrons. The molecule has 0 amide bonds. The van der Waals surface area contributed by atoms with Gasteiger partial charge in [-0.05, 0) is 23.6 Å². The predicted molar refractivity (Wildman–Crippen MR) is 74.4 cm³/mol. The van der Waals surface area contributed by atoms with Crippen LogP contribution in [0.3, 0.4) is 0 Å². The highest BCUT2D eigenvalue weighted by atomic mass is 35.5. The molecule has 3 nitrogen and oxygen atoms in total. The Bertz CT molecular complexity index is 438. The van der Waals surface area contributed by atoms with Gasteiger partial charge in [0.1, 0.15) is 5.75 Å². The maximum atomic E-state index is 12.1. The fourth-order valence-electron chi connectivity index (χ4n) is 1.46. The van der Waals surface area contributed by atoms with Crippen molar-refractivity contribution in [3.63, 3.8) is 0 Å². The quantitative estimate of drug-likeness (QED) is 0.854. The molecule has 0 spiro atoms. The van der Waals surface area contributed by atoms with Crippen LogP contribution in [0.1, 0.15) is 37.6 Å². The molecule has 0 aliphatic heterocycles. The molecule has 1 unspecified atom stereocenters. The molecule has 4 heteroatoms. The van der Waals surface area contributed by atoms with Crippen molar-refractivity contribution in [2.24, 2.45) is 11.1 Å². The number of carbonyl (C=O) groups excluding carboxylic acids is 1. The maximum absolute atomic E-state index is 12.1. The van der Waals surface area contributed by atoms with Gasteiger partial charge in [0, 0.05) is 18.0 Å². The van der Waals surface area contributed by atoms with Gasteiger partial charge in [0.25, 0.3) is 0 Å². The summed E-state index contributed by atoms with van der Waals surface area (Å²) in [7, 11) is 1.52. The van der Waals surface area contributed by atoms with Gasteiger partial charge in [-0.25, -0.2) is 0 Å². The molecule has 0 aromatic heterocycles. The minimum Gasteiger partial charge on any atom is -0.495 e. The van der Waals surface area contributed by atoms with Gasteiger partial charge >= 0.3 is 0 Å². The second-order valence-corrected chi connectivity index (χ2v) is 5.86. The molecule has 0 aliphatic rings. The smallest absolute Gasteiger partial charge is 0.164 e. The third-order valence-electron chi connectivity index (χ3n) is 2.99. The Morgan fingerprint density at radius 2 is 2.06 bits per heavy atom. The number of rotatable bonds is 4. The second kappa shape index (κ2) is 5.72. The average Bonchev–Trinajstić information content (AvgIpc) is 2.28. The van der Waals surface area contributed by atoms with Crippen LogP contribution >= 0.6 is 11.6 Å². The lowest BCUT2D eigenvalue weighted by Crippen LogP contribution is -2.36. The second-order valence-electron chi connectivity index (χ2n) is 5.45. The summed E-state index contributed by atoms with van der Waals surface area (Å²) in [4.78, 5) is 12.1. The molecule has 0 radical (unpaired) electrons. The third-order valence-corrected chi connectivity index (χ3v) is 3.30. The molecule has 0 bridgehead atoms. The molecule has 2 N–H and O–H groups in total. The lowest BCUT2D eigenvalue weighted by molar-refractivity contribution is 0.0953. The standard InChI is InChI=1S/C14H20ClNO2/c1-14(2,3)13(16)8-11(17)9-5-6-10(15)12(7-9)18-4/h5-7,13H,8,16H2,1-4H3. The summed E-state index contributed by atoms with van der Waals surface area (Å²) < 4.78 is 5.09. The van der Waals surface area contributed by atoms with Gasteiger partial charge in [0.15, 0.2) is 5.78 Å². The van der Waals surface area contributed by atoms with Crippen LogP contribution in [0, 0.1) is 5.41 Å². The number of carbonyl (C=O) groups is 1. The fourth-order valence-corrected chi connectivity index (χ4v) is 1.65. The molecule has 0 heterocycles. The van der Waals surface area contributed by atoms with Crippen molar-refractivity contribution < 1.29 is 9.53 Å². The number of hydrogen-bond donors (Lipinski definition) is 1. The molecule has 1 atom stereocenters. The van der Waals surface area contributed by atoms with Crippen LogP contribution < -0.4 is 10.5 Å². The highest BCUT2D eigenvalue weighted by Crippen LogP contribution is 2.27. The van der Waals surface area contributed by atoms with Crippen molar-refractivity contribution in [2.45, 2.75) is 33.2 Å². The van der Waals surface area contributed by atoms with E-state index in [0.717, 1.165) is 0 Å². The van der Waals surface area contributed by atoms with E-state index in [9.17, 15) is 4.79 Å². The molecule has 18 heavy (non-hydrogen) atoms. The number of hydrogen-bond acceptors (Lipinski definition) is 3. The van der Waals surface area contributed by atoms with Crippen LogP contribution in [0.2, 0.25) is 5.02 Å². The van der Waals surface area contributed by atoms with E-state index in [-0.39, 0.29) is 17.2 Å². The van der Waals surface area contributed by atoms with E-state index in [1.54, 1.807) is 18.2 Å². The van der Waals surface area contributed by atoms with E-state index in [0.29, 0.717) is 22.8 Å². The summed E-state index contributed by atoms with van der Waals surface area (Å²) in [6, 6.07) is 4.84. The van der Waals surface area contributed by atoms with E-state index in [2.05, 4.69) is 0 Å². The molecular formula is C14H20ClNO2. The Labute approximate surface area is 113 Å². The van der Waals surface area contributed by atoms with Gasteiger partial charge in [-0.1, -0.05) is 32.4 Å². The Kier molecular flexibility index (Phi) is 4.77. The number of benzene rings is 1. The van der Waals surface area contributed by atoms with Crippen LogP contribution in [-0.4, -0.2) is 18.9 Å². The predicted octanol–water partition coefficient (Wildman–Crippen LogP) is 3.29. The number of ether oxygens (including phenoxy) is 1. The summed E-state index contributed by atoms with van der Waals surface area (Å²) in [5, 5.41) is 0.495. The number of nitrogens with two attached hydrogens (primary N) is 1. The van der Waals surface area contributed by atoms with Crippen molar-refractivity contribution >= 4 is 17.4 Å². The molecule has 1 aromatic rings. The van der Waals surface area contributed by atoms with Gasteiger partial charge in [-0.15, -0.1) is 0 Å². The SMILES string of the molecule is COc1cc(C(=O)CC(N)C(C)(C)C)ccc1Cl. The largest absolute Gasteiger partial charge is 0.495 e. The van der Waals surface area contributed by atoms with Crippen LogP contribution in [0.25, 0.3) is 0 Å². The molecular weight excluding hydrogens is 250 g/mol. The first kappa shape index (κ1) is 15.0. The minimum atomic E-state index is -0.174. The Hall–Kier alpha value is -1.06. The molecule has 1 aromatic carbocycles. The summed E-state index contributed by atoms with van der Waals surface area (Å²) in [6.07, 6.45) is 0.314. The van der Waals surface area contributed by atoms with Crippen molar-refractivity contribution in [3.8, 4) is 5.75 Å². The van der Waals surface area contributed by atoms with Crippen LogP contribution in [0.15, 0.2) is 18.2 Å². The normalized spacial score (nSPS) is 13.2. The fraction of sp³-hybridized carbons (Fsp3) is 0.500. The highest BCUT2D eigenvalue weighted by molar-refractivity contribution is 6.32. The van der Waals surface area contributed by atoms with E-state index < -0.39 is 0 Å². The molecule has 0 saturated carbocycles. The lowest BCUT2D eigenvalue weighted by Gasteiger charge is -2.26. The topological polar surface area (TPSA) is 52.3 Å². The summed E-state index contributed by atoms with van der Waals surface area (Å²) >= 11 is 5.92. The Balaban J connectivity index is 2.85. The lowest BCUT2D eigenvalue weighted by atomic mass is 9.83. The van der Waals surface area contributed by atoms with E-state index in [1.807, 2.05) is 20.8 Å². The first-order valence-electron chi connectivity index (χ1n) is 5.88. The zero-order chi connectivity index (χ0) is 13.9. The number of ketones is 1. The average molecular weight is 270 g/mol. The summed E-state index contributed by atoms with van der Waals surface area (Å²) in [5.74, 6) is 0.513. The van der Waals surface area contributed by atoms with E-state index in [4.69, 9.17) is 22.1 Å². The van der Waals surface area contributed by atoms with Crippen LogP contribution in [0.5, 0.6) is 5.75 Å². The molecule has 0 saturated heterocycles. The summed E-state index contributed by atoms with van der Waals surface area (Å²) in [5.41, 5.74) is 6.50. The molecule has 0 fully saturated rings. The van der Waals surface area contributed by atoms with Crippen molar-refractivity contribution in [1.82, 2.24) is 0 Å². The van der Waals surface area contributed by atoms with Gasteiger partial charge in [-0.3, -0.25) is 4.79 Å². The zero-order valence-corrected chi connectivity index (χ0v) is 12.0. The first-order chi connectivity index (χ1) is 8.25. The van der Waals surface area contributed by atoms with Crippen molar-refractivity contribution in [3.05, 3.63) is 28.8 Å². The third kappa shape index (κ3) is 3.72. The number of methoxy groups -OCH3 is 1. The maximum Gasteiger partial charge on any atom is 0.164 e. The summed E-state index contributed by atoms with van der Waals surface area (Å²) in [6.45, 7) is 6.06. The Morgan fingerprint density at radius 1 is 1.44 bits per heavy atom. The number of halogens is 1. The first-order valence-corrected chi connectivity index (χ1v) is 6.26. The van der Waals surface area contributed by atoms with Crippen LogP contribution in [-0.2, 0) is 0 Å². The minimum absolute atomic E-state index is 0.00684. The van der Waals surface area contributed by atoms with E-state index in [1.165, 1.54) is 7.11 Å². The monoisotopic (exact) mass is 269 g/mol. The van der Waals surface area contributed by atoms with Crippen molar-refractivity contribution in [1.29, 1.82) is 0 Å². The number of Topliss-reactive ketones (excluding diaryl/α,β-unsaturated/α-hetero) is 1. The zero-order valence-electron chi connectivity index (χ0n) is 11.3. The van der Waals surface area contributed by atoms with Crippen LogP contribution in [0.4, 0.5) is 0 Å². The molecule has 1 rings (SSSR count). The van der Waals surface area contributed by atoms with Gasteiger partial charge in [0.05, 0.1) is 12.1 Å². The van der Waals surface area contributed by atoms with Gasteiger partial charge < -0.3 is 10.5 Å². The van der Waals surface area contributed by atoms with E-state index >= 15 is 0 Å².